The number of thiazole rings is 1. The summed E-state index contributed by atoms with van der Waals surface area (Å²) in [6.07, 6.45) is 5.25. The minimum absolute atomic E-state index is 0.0300. The molecule has 1 aliphatic carbocycles. The number of anilines is 1. The molecule has 4 rings (SSSR count). The van der Waals surface area contributed by atoms with Crippen LogP contribution in [0.4, 0.5) is 5.13 Å². The normalized spacial score (nSPS) is 18.6. The molecule has 11 heteroatoms. The molecule has 32 heavy (non-hydrogen) atoms. The molecule has 0 bridgehead atoms. The molecule has 0 radical (unpaired) electrons. The highest BCUT2D eigenvalue weighted by Gasteiger charge is 2.28. The van der Waals surface area contributed by atoms with E-state index in [1.54, 1.807) is 17.8 Å². The third-order valence-electron chi connectivity index (χ3n) is 5.46. The summed E-state index contributed by atoms with van der Waals surface area (Å²) >= 11 is 3.03. The number of amides is 1. The number of carbonyl (C=O) groups is 1. The summed E-state index contributed by atoms with van der Waals surface area (Å²) in [5, 5.41) is 3.36. The lowest BCUT2D eigenvalue weighted by molar-refractivity contribution is -0.117. The zero-order valence-electron chi connectivity index (χ0n) is 18.0. The molecule has 2 aromatic rings. The van der Waals surface area contributed by atoms with E-state index in [1.165, 1.54) is 28.3 Å². The minimum Gasteiger partial charge on any atom is -0.486 e. The average Bonchev–Trinajstić information content (AvgIpc) is 3.17. The van der Waals surface area contributed by atoms with Gasteiger partial charge in [-0.15, -0.1) is 11.3 Å². The number of nitrogens with one attached hydrogen (secondary N) is 2. The van der Waals surface area contributed by atoms with E-state index in [9.17, 15) is 13.2 Å². The van der Waals surface area contributed by atoms with Gasteiger partial charge in [0.1, 0.15) is 19.3 Å². The fourth-order valence-corrected chi connectivity index (χ4v) is 6.60. The lowest BCUT2D eigenvalue weighted by Crippen LogP contribution is -2.44. The van der Waals surface area contributed by atoms with Crippen LogP contribution in [0.15, 0.2) is 23.1 Å². The van der Waals surface area contributed by atoms with Crippen LogP contribution in [0.2, 0.25) is 0 Å². The van der Waals surface area contributed by atoms with Gasteiger partial charge in [0.05, 0.1) is 10.6 Å². The van der Waals surface area contributed by atoms with Crippen molar-refractivity contribution in [3.05, 3.63) is 28.8 Å². The number of fused-ring (bicyclic) bond motifs is 2. The second kappa shape index (κ2) is 9.98. The van der Waals surface area contributed by atoms with Gasteiger partial charge in [0.15, 0.2) is 16.6 Å². The molecule has 1 aromatic carbocycles. The van der Waals surface area contributed by atoms with Crippen molar-refractivity contribution < 1.29 is 22.7 Å². The maximum atomic E-state index is 13.0. The summed E-state index contributed by atoms with van der Waals surface area (Å²) in [5.74, 6) is 1.73. The quantitative estimate of drug-likeness (QED) is 0.577. The van der Waals surface area contributed by atoms with E-state index < -0.39 is 22.0 Å². The van der Waals surface area contributed by atoms with Crippen LogP contribution >= 0.6 is 23.1 Å². The Morgan fingerprint density at radius 3 is 2.88 bits per heavy atom. The summed E-state index contributed by atoms with van der Waals surface area (Å²) in [6, 6.07) is 3.54. The third kappa shape index (κ3) is 5.38. The highest BCUT2D eigenvalue weighted by Crippen LogP contribution is 2.33. The van der Waals surface area contributed by atoms with Gasteiger partial charge in [0.2, 0.25) is 15.9 Å². The number of aromatic nitrogens is 1. The van der Waals surface area contributed by atoms with Gasteiger partial charge in [-0.2, -0.15) is 16.5 Å². The Hall–Kier alpha value is -1.82. The standard InChI is InChI=1S/C21H27N3O5S3/c1-13-3-5-15-19(11-13)31-21(22-15)23-20(25)16(7-10-30-2)24-32(26,27)14-4-6-17-18(12-14)29-9-8-28-17/h4,6,12-13,16,24H,3,5,7-11H2,1-2H3,(H,22,23,25)/t13-,16-/m1/s1. The number of ether oxygens (including phenoxy) is 2. The van der Waals surface area contributed by atoms with Crippen LogP contribution in [0.5, 0.6) is 11.5 Å². The lowest BCUT2D eigenvalue weighted by atomic mass is 9.93. The van der Waals surface area contributed by atoms with E-state index in [0.29, 0.717) is 47.9 Å². The summed E-state index contributed by atoms with van der Waals surface area (Å²) in [6.45, 7) is 3.00. The van der Waals surface area contributed by atoms with E-state index in [4.69, 9.17) is 9.47 Å². The van der Waals surface area contributed by atoms with Crippen molar-refractivity contribution in [2.24, 2.45) is 5.92 Å². The second-order valence-corrected chi connectivity index (χ2v) is 11.8. The Morgan fingerprint density at radius 2 is 2.09 bits per heavy atom. The Kier molecular flexibility index (Phi) is 7.28. The first-order chi connectivity index (χ1) is 15.4. The monoisotopic (exact) mass is 497 g/mol. The fraction of sp³-hybridized carbons (Fsp3) is 0.524. The molecule has 2 atom stereocenters. The van der Waals surface area contributed by atoms with Crippen molar-refractivity contribution >= 4 is 44.2 Å². The molecule has 174 valence electrons. The van der Waals surface area contributed by atoms with Gasteiger partial charge >= 0.3 is 0 Å². The molecule has 2 N–H and O–H groups in total. The van der Waals surface area contributed by atoms with Gasteiger partial charge in [0, 0.05) is 10.9 Å². The van der Waals surface area contributed by atoms with Crippen LogP contribution in [0, 0.1) is 5.92 Å². The SMILES string of the molecule is CSCC[C@@H](NS(=O)(=O)c1ccc2c(c1)OCCO2)C(=O)Nc1nc2c(s1)C[C@H](C)CC2. The van der Waals surface area contributed by atoms with Crippen molar-refractivity contribution in [1.29, 1.82) is 0 Å². The molecule has 8 nitrogen and oxygen atoms in total. The number of benzene rings is 1. The van der Waals surface area contributed by atoms with E-state index in [1.807, 2.05) is 6.26 Å². The molecule has 0 spiro atoms. The molecule has 0 saturated carbocycles. The maximum absolute atomic E-state index is 13.0. The first kappa shape index (κ1) is 23.3. The molecule has 1 amide bonds. The summed E-state index contributed by atoms with van der Waals surface area (Å²) in [5.41, 5.74) is 1.04. The van der Waals surface area contributed by atoms with Crippen LogP contribution < -0.4 is 19.5 Å². The maximum Gasteiger partial charge on any atom is 0.244 e. The van der Waals surface area contributed by atoms with Crippen LogP contribution in [0.25, 0.3) is 0 Å². The number of thioether (sulfide) groups is 1. The number of carbonyl (C=O) groups excluding carboxylic acids is 1. The highest BCUT2D eigenvalue weighted by molar-refractivity contribution is 7.98. The molecule has 0 fully saturated rings. The van der Waals surface area contributed by atoms with Crippen molar-refractivity contribution in [3.8, 4) is 11.5 Å². The van der Waals surface area contributed by atoms with E-state index >= 15 is 0 Å². The highest BCUT2D eigenvalue weighted by atomic mass is 32.2. The molecule has 1 aliphatic heterocycles. The molecule has 0 unspecified atom stereocenters. The van der Waals surface area contributed by atoms with Crippen molar-refractivity contribution in [2.75, 3.05) is 30.5 Å². The first-order valence-corrected chi connectivity index (χ1v) is 14.3. The van der Waals surface area contributed by atoms with Gasteiger partial charge < -0.3 is 14.8 Å². The van der Waals surface area contributed by atoms with Crippen molar-refractivity contribution in [2.45, 2.75) is 43.5 Å². The molecule has 0 saturated heterocycles. The second-order valence-electron chi connectivity index (χ2n) is 7.99. The Bertz CT molecular complexity index is 1090. The lowest BCUT2D eigenvalue weighted by Gasteiger charge is -2.20. The van der Waals surface area contributed by atoms with Gasteiger partial charge in [-0.1, -0.05) is 6.92 Å². The van der Waals surface area contributed by atoms with Gasteiger partial charge in [-0.25, -0.2) is 13.4 Å². The number of nitrogens with zero attached hydrogens (tertiary/aromatic N) is 1. The van der Waals surface area contributed by atoms with Crippen LogP contribution in [-0.4, -0.2) is 50.6 Å². The average molecular weight is 498 g/mol. The van der Waals surface area contributed by atoms with E-state index in [0.717, 1.165) is 25.0 Å². The van der Waals surface area contributed by atoms with Crippen LogP contribution in [0.3, 0.4) is 0 Å². The molecular weight excluding hydrogens is 470 g/mol. The Balaban J connectivity index is 1.49. The van der Waals surface area contributed by atoms with Gasteiger partial charge in [0.25, 0.3) is 0 Å². The number of hydrogen-bond acceptors (Lipinski definition) is 8. The smallest absolute Gasteiger partial charge is 0.244 e. The molecule has 2 heterocycles. The summed E-state index contributed by atoms with van der Waals surface area (Å²) in [4.78, 5) is 18.8. The van der Waals surface area contributed by atoms with E-state index in [-0.39, 0.29) is 4.90 Å². The zero-order valence-corrected chi connectivity index (χ0v) is 20.5. The van der Waals surface area contributed by atoms with Crippen LogP contribution in [-0.2, 0) is 27.7 Å². The number of aryl methyl sites for hydroxylation is 1. The molecular formula is C21H27N3O5S3. The Labute approximate surface area is 196 Å². The minimum atomic E-state index is -3.94. The number of hydrogen-bond donors (Lipinski definition) is 2. The van der Waals surface area contributed by atoms with Crippen LogP contribution in [0.1, 0.15) is 30.3 Å². The Morgan fingerprint density at radius 1 is 1.31 bits per heavy atom. The zero-order chi connectivity index (χ0) is 22.7. The number of rotatable bonds is 8. The topological polar surface area (TPSA) is 107 Å². The van der Waals surface area contributed by atoms with Crippen molar-refractivity contribution in [3.63, 3.8) is 0 Å². The predicted octanol–water partition coefficient (Wildman–Crippen LogP) is 3.08. The largest absolute Gasteiger partial charge is 0.486 e. The molecule has 2 aliphatic rings. The van der Waals surface area contributed by atoms with Gasteiger partial charge in [-0.3, -0.25) is 4.79 Å². The van der Waals surface area contributed by atoms with E-state index in [2.05, 4.69) is 21.9 Å². The third-order valence-corrected chi connectivity index (χ3v) is 8.61. The fourth-order valence-electron chi connectivity index (χ4n) is 3.71. The number of sulfonamides is 1. The predicted molar refractivity (Wildman–Crippen MR) is 126 cm³/mol. The summed E-state index contributed by atoms with van der Waals surface area (Å²) in [7, 11) is -3.94. The molecule has 1 aromatic heterocycles. The first-order valence-electron chi connectivity index (χ1n) is 10.6. The summed E-state index contributed by atoms with van der Waals surface area (Å²) < 4.78 is 39.6. The van der Waals surface area contributed by atoms with Crippen molar-refractivity contribution in [1.82, 2.24) is 9.71 Å². The van der Waals surface area contributed by atoms with Gasteiger partial charge in [-0.05, 0) is 55.7 Å².